The number of nitrogens with one attached hydrogen (secondary N) is 3. The Kier molecular flexibility index (Phi) is 11.1. The Morgan fingerprint density at radius 1 is 0.967 bits per heavy atom. The van der Waals surface area contributed by atoms with Gasteiger partial charge in [-0.15, -0.1) is 0 Å². The van der Waals surface area contributed by atoms with Gasteiger partial charge in [0.05, 0.1) is 30.5 Å². The summed E-state index contributed by atoms with van der Waals surface area (Å²) in [7, 11) is 3.35. The van der Waals surface area contributed by atoms with E-state index in [2.05, 4.69) is 47.8 Å². The van der Waals surface area contributed by atoms with Gasteiger partial charge in [0, 0.05) is 56.4 Å². The number of carbonyl (C=O) groups excluding carboxylic acids is 4. The van der Waals surface area contributed by atoms with Gasteiger partial charge >= 0.3 is 0 Å². The number of aromatic nitrogens is 2. The van der Waals surface area contributed by atoms with Gasteiger partial charge in [0.25, 0.3) is 5.91 Å². The van der Waals surface area contributed by atoms with Crippen LogP contribution in [0.5, 0.6) is 5.75 Å². The van der Waals surface area contributed by atoms with Crippen molar-refractivity contribution in [1.29, 1.82) is 0 Å². The molecular formula is C46H59N9O6. The van der Waals surface area contributed by atoms with Crippen LogP contribution in [0.25, 0.3) is 0 Å². The molecule has 2 atom stereocenters. The summed E-state index contributed by atoms with van der Waals surface area (Å²) in [6.07, 6.45) is 12.4. The number of likely N-dealkylation sites (tertiary alicyclic amines) is 1. The van der Waals surface area contributed by atoms with E-state index in [4.69, 9.17) is 9.72 Å². The fourth-order valence-electron chi connectivity index (χ4n) is 10.9. The number of hydrogen-bond acceptors (Lipinski definition) is 12. The van der Waals surface area contributed by atoms with E-state index >= 15 is 0 Å². The lowest BCUT2D eigenvalue weighted by molar-refractivity contribution is -0.134. The van der Waals surface area contributed by atoms with Crippen LogP contribution in [-0.4, -0.2) is 114 Å². The van der Waals surface area contributed by atoms with E-state index in [1.54, 1.807) is 37.4 Å². The number of nitrogens with zero attached hydrogens (tertiary/aromatic N) is 6. The molecule has 1 aromatic heterocycles. The molecule has 0 bridgehead atoms. The minimum Gasteiger partial charge on any atom is -0.495 e. The van der Waals surface area contributed by atoms with Crippen LogP contribution in [0.15, 0.2) is 48.7 Å². The van der Waals surface area contributed by atoms with Gasteiger partial charge in [0.2, 0.25) is 23.7 Å². The molecular weight excluding hydrogens is 775 g/mol. The molecule has 9 rings (SSSR count). The number of aliphatic hydroxyl groups is 1. The average Bonchev–Trinajstić information content (AvgIpc) is 3.78. The van der Waals surface area contributed by atoms with Gasteiger partial charge in [-0.3, -0.25) is 24.5 Å². The molecule has 15 heteroatoms. The van der Waals surface area contributed by atoms with Crippen LogP contribution in [0.2, 0.25) is 0 Å². The lowest BCUT2D eigenvalue weighted by atomic mass is 9.60. The number of piperidine rings is 3. The summed E-state index contributed by atoms with van der Waals surface area (Å²) >= 11 is 0. The summed E-state index contributed by atoms with van der Waals surface area (Å²) in [5.41, 5.74) is 3.38. The molecule has 4 amide bonds. The zero-order chi connectivity index (χ0) is 42.5. The number of carbonyl (C=O) groups is 4. The van der Waals surface area contributed by atoms with Gasteiger partial charge in [0.15, 0.2) is 5.82 Å². The van der Waals surface area contributed by atoms with Gasteiger partial charge in [0.1, 0.15) is 17.5 Å². The van der Waals surface area contributed by atoms with Crippen molar-refractivity contribution in [3.8, 4) is 5.75 Å². The van der Waals surface area contributed by atoms with E-state index < -0.39 is 5.60 Å². The third kappa shape index (κ3) is 8.26. The number of hydrogen-bond donors (Lipinski definition) is 4. The highest BCUT2D eigenvalue weighted by molar-refractivity contribution is 6.04. The molecule has 4 N–H and O–H groups in total. The maximum Gasteiger partial charge on any atom is 0.251 e. The van der Waals surface area contributed by atoms with Crippen molar-refractivity contribution in [3.63, 3.8) is 0 Å². The monoisotopic (exact) mass is 833 g/mol. The Hall–Kier alpha value is -5.28. The maximum atomic E-state index is 13.5. The highest BCUT2D eigenvalue weighted by atomic mass is 16.5. The van der Waals surface area contributed by atoms with Gasteiger partial charge in [-0.2, -0.15) is 4.98 Å². The summed E-state index contributed by atoms with van der Waals surface area (Å²) in [5.74, 6) is 0.855. The molecule has 2 aliphatic carbocycles. The van der Waals surface area contributed by atoms with Gasteiger partial charge in [-0.1, -0.05) is 25.0 Å². The summed E-state index contributed by atoms with van der Waals surface area (Å²) in [4.78, 5) is 68.4. The minimum atomic E-state index is -0.725. The second kappa shape index (κ2) is 16.5. The first kappa shape index (κ1) is 41.1. The number of methoxy groups -OCH3 is 1. The summed E-state index contributed by atoms with van der Waals surface area (Å²) in [6, 6.07) is 13.5. The Bertz CT molecular complexity index is 2150. The number of imide groups is 1. The number of ether oxygens (including phenoxy) is 1. The standard InChI is InChI=1S/C46H59N9O6/c1-29-43(59)52(2)37-27-47-44(51-40(37)55(29)34-6-4-5-7-34)49-36-14-10-31(24-38(36)61-3)41(57)48-32-25-45(26-32)16-20-53(21-17-45)28-46(60)18-22-54(23-19-46)33-11-8-30(9-12-33)35-13-15-39(56)50-42(35)58/h8-12,14,24,27,29,32,34-35,60H,4-7,13,15-23,25-26,28H2,1-3H3,(H,48,57)(H,47,49,51)(H,50,56,58)/t29-,35?/m1/s1. The van der Waals surface area contributed by atoms with Crippen molar-refractivity contribution in [1.82, 2.24) is 25.5 Å². The van der Waals surface area contributed by atoms with Crippen LogP contribution in [0.4, 0.5) is 28.8 Å². The van der Waals surface area contributed by atoms with Crippen molar-refractivity contribution in [2.24, 2.45) is 5.41 Å². The number of anilines is 5. The number of likely N-dealkylation sites (N-methyl/N-ethyl adjacent to an activating group) is 1. The molecule has 1 spiro atoms. The largest absolute Gasteiger partial charge is 0.495 e. The third-order valence-corrected chi connectivity index (χ3v) is 14.6. The Morgan fingerprint density at radius 2 is 1.69 bits per heavy atom. The SMILES string of the molecule is COc1cc(C(=O)NC2CC3(CCN(CC4(O)CCN(c5ccc(C6CCC(=O)NC6=O)cc5)CC4)CC3)C2)ccc1Nc1ncc2c(n1)N(C1CCCC1)[C@H](C)C(=O)N2C. The molecule has 324 valence electrons. The van der Waals surface area contributed by atoms with E-state index in [-0.39, 0.29) is 53.1 Å². The van der Waals surface area contributed by atoms with Crippen molar-refractivity contribution >= 4 is 52.5 Å². The van der Waals surface area contributed by atoms with Crippen molar-refractivity contribution in [2.75, 3.05) is 66.9 Å². The molecule has 3 aromatic rings. The number of β-amino-alcohol motifs (C(OH)–C–C–N with tert-alkyl or cyclic N) is 1. The molecule has 0 radical (unpaired) electrons. The molecule has 61 heavy (non-hydrogen) atoms. The third-order valence-electron chi connectivity index (χ3n) is 14.6. The molecule has 3 saturated heterocycles. The molecule has 5 fully saturated rings. The van der Waals surface area contributed by atoms with E-state index in [0.717, 1.165) is 94.6 Å². The topological polar surface area (TPSA) is 173 Å². The Morgan fingerprint density at radius 3 is 2.38 bits per heavy atom. The zero-order valence-electron chi connectivity index (χ0n) is 35.6. The molecule has 2 saturated carbocycles. The quantitative estimate of drug-likeness (QED) is 0.205. The van der Waals surface area contributed by atoms with E-state index in [0.29, 0.717) is 60.9 Å². The number of rotatable bonds is 10. The lowest BCUT2D eigenvalue weighted by Gasteiger charge is -2.53. The number of benzene rings is 2. The van der Waals surface area contributed by atoms with E-state index in [1.165, 1.54) is 0 Å². The van der Waals surface area contributed by atoms with Crippen LogP contribution in [0.3, 0.4) is 0 Å². The first-order valence-electron chi connectivity index (χ1n) is 22.2. The molecule has 5 heterocycles. The van der Waals surface area contributed by atoms with Gasteiger partial charge < -0.3 is 40.1 Å². The molecule has 6 aliphatic rings. The summed E-state index contributed by atoms with van der Waals surface area (Å²) < 4.78 is 5.73. The van der Waals surface area contributed by atoms with Crippen LogP contribution in [0.1, 0.15) is 106 Å². The lowest BCUT2D eigenvalue weighted by Crippen LogP contribution is -2.57. The number of fused-ring (bicyclic) bond motifs is 1. The van der Waals surface area contributed by atoms with Crippen molar-refractivity contribution in [3.05, 3.63) is 59.8 Å². The predicted molar refractivity (Wildman–Crippen MR) is 232 cm³/mol. The van der Waals surface area contributed by atoms with Crippen molar-refractivity contribution < 1.29 is 29.0 Å². The highest BCUT2D eigenvalue weighted by Gasteiger charge is 2.47. The first-order chi connectivity index (χ1) is 29.4. The Balaban J connectivity index is 0.738. The first-order valence-corrected chi connectivity index (χ1v) is 22.2. The average molecular weight is 834 g/mol. The van der Waals surface area contributed by atoms with E-state index in [9.17, 15) is 24.3 Å². The minimum absolute atomic E-state index is 0.0395. The second-order valence-electron chi connectivity index (χ2n) is 18.5. The zero-order valence-corrected chi connectivity index (χ0v) is 35.6. The highest BCUT2D eigenvalue weighted by Crippen LogP contribution is 2.49. The van der Waals surface area contributed by atoms with E-state index in [1.807, 2.05) is 25.1 Å². The second-order valence-corrected chi connectivity index (χ2v) is 18.5. The van der Waals surface area contributed by atoms with Gasteiger partial charge in [-0.25, -0.2) is 4.98 Å². The summed E-state index contributed by atoms with van der Waals surface area (Å²) in [5, 5.41) is 20.6. The fraction of sp³-hybridized carbons (Fsp3) is 0.565. The van der Waals surface area contributed by atoms with Crippen LogP contribution >= 0.6 is 0 Å². The van der Waals surface area contributed by atoms with Gasteiger partial charge in [-0.05, 0) is 119 Å². The molecule has 1 unspecified atom stereocenters. The molecule has 2 aromatic carbocycles. The maximum absolute atomic E-state index is 13.5. The fourth-order valence-corrected chi connectivity index (χ4v) is 10.9. The smallest absolute Gasteiger partial charge is 0.251 e. The normalized spacial score (nSPS) is 24.3. The Labute approximate surface area is 357 Å². The summed E-state index contributed by atoms with van der Waals surface area (Å²) in [6.45, 7) is 6.05. The predicted octanol–water partition coefficient (Wildman–Crippen LogP) is 4.87. The van der Waals surface area contributed by atoms with Crippen LogP contribution in [-0.2, 0) is 14.4 Å². The molecule has 4 aliphatic heterocycles. The van der Waals surface area contributed by atoms with Crippen LogP contribution in [0, 0.1) is 5.41 Å². The van der Waals surface area contributed by atoms with Crippen LogP contribution < -0.4 is 35.4 Å². The van der Waals surface area contributed by atoms with Crippen molar-refractivity contribution in [2.45, 2.75) is 114 Å². The number of amides is 4. The molecule has 15 nitrogen and oxygen atoms in total.